The van der Waals surface area contributed by atoms with Gasteiger partial charge in [0.25, 0.3) is 5.91 Å². The topological polar surface area (TPSA) is 77.5 Å². The van der Waals surface area contributed by atoms with Gasteiger partial charge in [-0.2, -0.15) is 0 Å². The lowest BCUT2D eigenvalue weighted by molar-refractivity contribution is -0.142. The van der Waals surface area contributed by atoms with Crippen molar-refractivity contribution in [2.75, 3.05) is 18.5 Å². The first-order chi connectivity index (χ1) is 12.3. The molecule has 0 radical (unpaired) electrons. The molecule has 1 amide bonds. The lowest BCUT2D eigenvalue weighted by atomic mass is 10.1. The first-order valence-electron chi connectivity index (χ1n) is 8.10. The molecule has 0 fully saturated rings. The van der Waals surface area contributed by atoms with Crippen LogP contribution in [0.1, 0.15) is 29.3 Å². The summed E-state index contributed by atoms with van der Waals surface area (Å²) >= 11 is 4.80. The molecule has 8 heteroatoms. The van der Waals surface area contributed by atoms with E-state index in [1.54, 1.807) is 12.3 Å². The molecule has 2 rings (SSSR count). The van der Waals surface area contributed by atoms with Gasteiger partial charge >= 0.3 is 5.97 Å². The third-order valence-corrected chi connectivity index (χ3v) is 5.77. The summed E-state index contributed by atoms with van der Waals surface area (Å²) in [5.41, 5.74) is 3.69. The van der Waals surface area contributed by atoms with Gasteiger partial charge < -0.3 is 9.47 Å². The second-order valence-electron chi connectivity index (χ2n) is 5.72. The summed E-state index contributed by atoms with van der Waals surface area (Å²) in [5, 5.41) is 4.83. The standard InChI is InChI=1S/C18H21BrN2O4S/c1-5-24-16(23)7-13-9-26-18(20-13)21-15(22)8-25-14-6-10(2)17(19)12(4)11(14)3/h6,9H,5,7-8H2,1-4H3,(H,20,21,22). The fraction of sp³-hybridized carbons (Fsp3) is 0.389. The Labute approximate surface area is 165 Å². The van der Waals surface area contributed by atoms with Crippen LogP contribution in [0.25, 0.3) is 0 Å². The molecule has 140 valence electrons. The number of carbonyl (C=O) groups is 2. The number of nitrogens with zero attached hydrogens (tertiary/aromatic N) is 1. The van der Waals surface area contributed by atoms with E-state index in [1.165, 1.54) is 11.3 Å². The van der Waals surface area contributed by atoms with Crippen molar-refractivity contribution in [2.45, 2.75) is 34.1 Å². The lowest BCUT2D eigenvalue weighted by Crippen LogP contribution is -2.20. The van der Waals surface area contributed by atoms with E-state index in [9.17, 15) is 9.59 Å². The number of carbonyl (C=O) groups excluding carboxylic acids is 2. The van der Waals surface area contributed by atoms with Crippen LogP contribution in [-0.4, -0.2) is 30.1 Å². The zero-order valence-corrected chi connectivity index (χ0v) is 17.5. The highest BCUT2D eigenvalue weighted by molar-refractivity contribution is 9.10. The Morgan fingerprint density at radius 1 is 1.27 bits per heavy atom. The molecule has 1 aromatic heterocycles. The van der Waals surface area contributed by atoms with Crippen molar-refractivity contribution in [1.82, 2.24) is 4.98 Å². The zero-order valence-electron chi connectivity index (χ0n) is 15.1. The van der Waals surface area contributed by atoms with Gasteiger partial charge in [0.15, 0.2) is 11.7 Å². The number of halogens is 1. The molecule has 0 bridgehead atoms. The Kier molecular flexibility index (Phi) is 7.16. The number of anilines is 1. The Hall–Kier alpha value is -1.93. The molecule has 0 atom stereocenters. The first-order valence-corrected chi connectivity index (χ1v) is 9.78. The number of aromatic nitrogens is 1. The maximum atomic E-state index is 12.1. The van der Waals surface area contributed by atoms with Gasteiger partial charge in [-0.05, 0) is 50.5 Å². The van der Waals surface area contributed by atoms with Gasteiger partial charge in [0.2, 0.25) is 0 Å². The smallest absolute Gasteiger partial charge is 0.311 e. The van der Waals surface area contributed by atoms with Crippen molar-refractivity contribution < 1.29 is 19.1 Å². The number of thiazole rings is 1. The van der Waals surface area contributed by atoms with E-state index < -0.39 is 0 Å². The summed E-state index contributed by atoms with van der Waals surface area (Å²) in [5.74, 6) is 0.0376. The van der Waals surface area contributed by atoms with E-state index in [0.29, 0.717) is 23.2 Å². The lowest BCUT2D eigenvalue weighted by Gasteiger charge is -2.14. The minimum absolute atomic E-state index is 0.0906. The monoisotopic (exact) mass is 440 g/mol. The maximum Gasteiger partial charge on any atom is 0.311 e. The molecule has 0 saturated heterocycles. The molecule has 0 aliphatic carbocycles. The summed E-state index contributed by atoms with van der Waals surface area (Å²) in [7, 11) is 0. The van der Waals surface area contributed by atoms with Crippen LogP contribution in [0.5, 0.6) is 5.75 Å². The number of hydrogen-bond acceptors (Lipinski definition) is 6. The molecule has 2 aromatic rings. The Balaban J connectivity index is 1.92. The van der Waals surface area contributed by atoms with Gasteiger partial charge in [-0.15, -0.1) is 11.3 Å². The van der Waals surface area contributed by atoms with Crippen molar-refractivity contribution >= 4 is 44.3 Å². The molecule has 1 heterocycles. The van der Waals surface area contributed by atoms with E-state index in [4.69, 9.17) is 9.47 Å². The average Bonchev–Trinajstić information content (AvgIpc) is 3.02. The molecule has 26 heavy (non-hydrogen) atoms. The normalized spacial score (nSPS) is 10.5. The van der Waals surface area contributed by atoms with E-state index in [0.717, 1.165) is 21.2 Å². The highest BCUT2D eigenvalue weighted by Gasteiger charge is 2.13. The number of nitrogens with one attached hydrogen (secondary N) is 1. The molecule has 0 spiro atoms. The van der Waals surface area contributed by atoms with Gasteiger partial charge in [-0.1, -0.05) is 15.9 Å². The van der Waals surface area contributed by atoms with Crippen molar-refractivity contribution in [3.05, 3.63) is 38.3 Å². The highest BCUT2D eigenvalue weighted by Crippen LogP contribution is 2.31. The van der Waals surface area contributed by atoms with Crippen LogP contribution >= 0.6 is 27.3 Å². The fourth-order valence-electron chi connectivity index (χ4n) is 2.27. The minimum atomic E-state index is -0.338. The van der Waals surface area contributed by atoms with Gasteiger partial charge in [0.1, 0.15) is 5.75 Å². The first kappa shape index (κ1) is 20.4. The minimum Gasteiger partial charge on any atom is -0.483 e. The molecular weight excluding hydrogens is 420 g/mol. The Morgan fingerprint density at radius 3 is 2.69 bits per heavy atom. The zero-order chi connectivity index (χ0) is 19.3. The van der Waals surface area contributed by atoms with Crippen LogP contribution in [0, 0.1) is 20.8 Å². The van der Waals surface area contributed by atoms with Crippen LogP contribution in [0.3, 0.4) is 0 Å². The predicted molar refractivity (Wildman–Crippen MR) is 105 cm³/mol. The molecule has 0 aliphatic rings. The fourth-order valence-corrected chi connectivity index (χ4v) is 3.41. The quantitative estimate of drug-likeness (QED) is 0.659. The number of esters is 1. The van der Waals surface area contributed by atoms with Crippen molar-refractivity contribution in [1.29, 1.82) is 0 Å². The van der Waals surface area contributed by atoms with Crippen LogP contribution in [0.2, 0.25) is 0 Å². The molecule has 0 saturated carbocycles. The highest BCUT2D eigenvalue weighted by atomic mass is 79.9. The number of rotatable bonds is 7. The third kappa shape index (κ3) is 5.28. The summed E-state index contributed by atoms with van der Waals surface area (Å²) < 4.78 is 11.6. The van der Waals surface area contributed by atoms with Crippen LogP contribution in [-0.2, 0) is 20.7 Å². The van der Waals surface area contributed by atoms with Crippen molar-refractivity contribution in [3.63, 3.8) is 0 Å². The van der Waals surface area contributed by atoms with Crippen LogP contribution in [0.4, 0.5) is 5.13 Å². The van der Waals surface area contributed by atoms with Crippen molar-refractivity contribution in [2.24, 2.45) is 0 Å². The summed E-state index contributed by atoms with van der Waals surface area (Å²) in [6, 6.07) is 1.90. The second kappa shape index (κ2) is 9.14. The number of benzene rings is 1. The number of amides is 1. The SMILES string of the molecule is CCOC(=O)Cc1csc(NC(=O)COc2cc(C)c(Br)c(C)c2C)n1. The van der Waals surface area contributed by atoms with Crippen LogP contribution < -0.4 is 10.1 Å². The second-order valence-corrected chi connectivity index (χ2v) is 7.37. The molecule has 6 nitrogen and oxygen atoms in total. The summed E-state index contributed by atoms with van der Waals surface area (Å²) in [6.45, 7) is 7.90. The molecule has 0 unspecified atom stereocenters. The van der Waals surface area contributed by atoms with Crippen LogP contribution in [0.15, 0.2) is 15.9 Å². The third-order valence-electron chi connectivity index (χ3n) is 3.74. The molecule has 1 N–H and O–H groups in total. The largest absolute Gasteiger partial charge is 0.483 e. The molecule has 1 aromatic carbocycles. The van der Waals surface area contributed by atoms with Gasteiger partial charge in [0, 0.05) is 9.85 Å². The predicted octanol–water partition coefficient (Wildman–Crippen LogP) is 3.95. The maximum absolute atomic E-state index is 12.1. The van der Waals surface area contributed by atoms with Gasteiger partial charge in [-0.25, -0.2) is 4.98 Å². The number of hydrogen-bond donors (Lipinski definition) is 1. The van der Waals surface area contributed by atoms with E-state index in [-0.39, 0.29) is 24.9 Å². The molecular formula is C18H21BrN2O4S. The van der Waals surface area contributed by atoms with Gasteiger partial charge in [0.05, 0.1) is 18.7 Å². The number of aryl methyl sites for hydroxylation is 1. The van der Waals surface area contributed by atoms with Gasteiger partial charge in [-0.3, -0.25) is 14.9 Å². The average molecular weight is 441 g/mol. The molecule has 0 aliphatic heterocycles. The van der Waals surface area contributed by atoms with E-state index >= 15 is 0 Å². The van der Waals surface area contributed by atoms with E-state index in [2.05, 4.69) is 26.2 Å². The summed E-state index contributed by atoms with van der Waals surface area (Å²) in [6.07, 6.45) is 0.0906. The number of ether oxygens (including phenoxy) is 2. The Morgan fingerprint density at radius 2 is 2.00 bits per heavy atom. The summed E-state index contributed by atoms with van der Waals surface area (Å²) in [4.78, 5) is 27.8. The Bertz CT molecular complexity index is 820. The van der Waals surface area contributed by atoms with E-state index in [1.807, 2.05) is 26.8 Å². The van der Waals surface area contributed by atoms with Crippen molar-refractivity contribution in [3.8, 4) is 5.75 Å².